The molecule has 1 heterocycles. The Morgan fingerprint density at radius 2 is 2.13 bits per heavy atom. The van der Waals surface area contributed by atoms with Gasteiger partial charge in [-0.2, -0.15) is 0 Å². The predicted molar refractivity (Wildman–Crippen MR) is 89.1 cm³/mol. The van der Waals surface area contributed by atoms with E-state index in [4.69, 9.17) is 16.3 Å². The number of amides is 2. The van der Waals surface area contributed by atoms with Gasteiger partial charge in [-0.15, -0.1) is 0 Å². The van der Waals surface area contributed by atoms with E-state index < -0.39 is 0 Å². The topological polar surface area (TPSA) is 67.4 Å². The first-order chi connectivity index (χ1) is 11.0. The maximum Gasteiger partial charge on any atom is 0.262 e. The molecule has 0 aliphatic carbocycles. The van der Waals surface area contributed by atoms with Crippen LogP contribution in [0.4, 0.5) is 11.4 Å². The van der Waals surface area contributed by atoms with E-state index in [0.717, 1.165) is 11.1 Å². The van der Waals surface area contributed by atoms with Gasteiger partial charge in [-0.25, -0.2) is 0 Å². The Morgan fingerprint density at radius 3 is 2.91 bits per heavy atom. The number of ether oxygens (including phenoxy) is 1. The monoisotopic (exact) mass is 330 g/mol. The summed E-state index contributed by atoms with van der Waals surface area (Å²) < 4.78 is 5.29. The zero-order valence-electron chi connectivity index (χ0n) is 12.5. The number of rotatable bonds is 3. The summed E-state index contributed by atoms with van der Waals surface area (Å²) in [6.45, 7) is 1.92. The average molecular weight is 331 g/mol. The van der Waals surface area contributed by atoms with Gasteiger partial charge >= 0.3 is 0 Å². The molecule has 0 saturated heterocycles. The molecule has 1 aliphatic rings. The highest BCUT2D eigenvalue weighted by atomic mass is 35.5. The third-order valence-corrected chi connectivity index (χ3v) is 3.90. The summed E-state index contributed by atoms with van der Waals surface area (Å²) in [5.41, 5.74) is 2.98. The highest BCUT2D eigenvalue weighted by Gasteiger charge is 2.16. The smallest absolute Gasteiger partial charge is 0.262 e. The SMILES string of the molecule is Cc1ccc(NC(=O)Cc2ccc3c(c2)NC(=O)CO3)cc1Cl. The fraction of sp³-hybridized carbons (Fsp3) is 0.176. The van der Waals surface area contributed by atoms with Crippen LogP contribution < -0.4 is 15.4 Å². The van der Waals surface area contributed by atoms with E-state index in [2.05, 4.69) is 10.6 Å². The second-order valence-corrected chi connectivity index (χ2v) is 5.76. The molecule has 0 spiro atoms. The largest absolute Gasteiger partial charge is 0.482 e. The quantitative estimate of drug-likeness (QED) is 0.908. The number of anilines is 2. The van der Waals surface area contributed by atoms with Gasteiger partial charge in [-0.1, -0.05) is 23.7 Å². The molecule has 2 aromatic rings. The average Bonchev–Trinajstić information content (AvgIpc) is 2.50. The van der Waals surface area contributed by atoms with Crippen molar-refractivity contribution in [2.45, 2.75) is 13.3 Å². The van der Waals surface area contributed by atoms with Gasteiger partial charge in [0.25, 0.3) is 5.91 Å². The van der Waals surface area contributed by atoms with Crippen LogP contribution >= 0.6 is 11.6 Å². The number of hydrogen-bond acceptors (Lipinski definition) is 3. The maximum absolute atomic E-state index is 12.1. The molecule has 23 heavy (non-hydrogen) atoms. The minimum absolute atomic E-state index is 0.0149. The van der Waals surface area contributed by atoms with Gasteiger partial charge in [0.05, 0.1) is 12.1 Å². The van der Waals surface area contributed by atoms with Gasteiger partial charge in [0.1, 0.15) is 5.75 Å². The number of hydrogen-bond donors (Lipinski definition) is 2. The van der Waals surface area contributed by atoms with Gasteiger partial charge in [0.2, 0.25) is 5.91 Å². The summed E-state index contributed by atoms with van der Waals surface area (Å²) in [7, 11) is 0. The van der Waals surface area contributed by atoms with Gasteiger partial charge in [-0.3, -0.25) is 9.59 Å². The zero-order chi connectivity index (χ0) is 16.4. The lowest BCUT2D eigenvalue weighted by molar-refractivity contribution is -0.118. The van der Waals surface area contributed by atoms with Gasteiger partial charge in [0.15, 0.2) is 6.61 Å². The lowest BCUT2D eigenvalue weighted by atomic mass is 10.1. The second-order valence-electron chi connectivity index (χ2n) is 5.36. The Hall–Kier alpha value is -2.53. The molecular weight excluding hydrogens is 316 g/mol. The normalized spacial score (nSPS) is 12.9. The van der Waals surface area contributed by atoms with Crippen LogP contribution in [-0.4, -0.2) is 18.4 Å². The van der Waals surface area contributed by atoms with Crippen LogP contribution in [0.25, 0.3) is 0 Å². The molecule has 0 radical (unpaired) electrons. The van der Waals surface area contributed by atoms with Crippen molar-refractivity contribution in [3.8, 4) is 5.75 Å². The Kier molecular flexibility index (Phi) is 4.21. The molecule has 0 unspecified atom stereocenters. The Morgan fingerprint density at radius 1 is 1.30 bits per heavy atom. The summed E-state index contributed by atoms with van der Waals surface area (Å²) in [5.74, 6) is 0.250. The first-order valence-electron chi connectivity index (χ1n) is 7.13. The molecule has 0 saturated carbocycles. The molecule has 1 aliphatic heterocycles. The van der Waals surface area contributed by atoms with Crippen LogP contribution in [0.3, 0.4) is 0 Å². The van der Waals surface area contributed by atoms with E-state index in [-0.39, 0.29) is 24.8 Å². The van der Waals surface area contributed by atoms with Gasteiger partial charge < -0.3 is 15.4 Å². The molecule has 0 bridgehead atoms. The first kappa shape index (κ1) is 15.4. The van der Waals surface area contributed by atoms with E-state index in [9.17, 15) is 9.59 Å². The molecule has 2 amide bonds. The maximum atomic E-state index is 12.1. The number of benzene rings is 2. The van der Waals surface area contributed by atoms with Crippen LogP contribution in [0.1, 0.15) is 11.1 Å². The fourth-order valence-electron chi connectivity index (χ4n) is 2.30. The molecular formula is C17H15ClN2O3. The van der Waals surface area contributed by atoms with E-state index in [1.807, 2.05) is 13.0 Å². The van der Waals surface area contributed by atoms with E-state index >= 15 is 0 Å². The molecule has 2 aromatic carbocycles. The molecule has 0 fully saturated rings. The predicted octanol–water partition coefficient (Wildman–Crippen LogP) is 3.16. The van der Waals surface area contributed by atoms with Crippen LogP contribution in [0.15, 0.2) is 36.4 Å². The fourth-order valence-corrected chi connectivity index (χ4v) is 2.48. The van der Waals surface area contributed by atoms with Crippen molar-refractivity contribution >= 4 is 34.8 Å². The number of nitrogens with one attached hydrogen (secondary N) is 2. The lowest BCUT2D eigenvalue weighted by Gasteiger charge is -2.18. The highest BCUT2D eigenvalue weighted by Crippen LogP contribution is 2.28. The Balaban J connectivity index is 1.69. The first-order valence-corrected chi connectivity index (χ1v) is 7.50. The van der Waals surface area contributed by atoms with Crippen molar-refractivity contribution in [2.24, 2.45) is 0 Å². The molecule has 0 aromatic heterocycles. The van der Waals surface area contributed by atoms with Crippen LogP contribution in [0.5, 0.6) is 5.75 Å². The molecule has 2 N–H and O–H groups in total. The summed E-state index contributed by atoms with van der Waals surface area (Å²) >= 11 is 6.05. The number of fused-ring (bicyclic) bond motifs is 1. The second kappa shape index (κ2) is 6.30. The van der Waals surface area contributed by atoms with Crippen molar-refractivity contribution in [1.82, 2.24) is 0 Å². The third-order valence-electron chi connectivity index (χ3n) is 3.50. The lowest BCUT2D eigenvalue weighted by Crippen LogP contribution is -2.25. The number of halogens is 1. The van der Waals surface area contributed by atoms with Gasteiger partial charge in [-0.05, 0) is 42.3 Å². The standard InChI is InChI=1S/C17H15ClN2O3/c1-10-2-4-12(8-13(10)18)19-16(21)7-11-3-5-15-14(6-11)20-17(22)9-23-15/h2-6,8H,7,9H2,1H3,(H,19,21)(H,20,22). The number of carbonyl (C=O) groups is 2. The Bertz CT molecular complexity index is 789. The van der Waals surface area contributed by atoms with Crippen molar-refractivity contribution < 1.29 is 14.3 Å². The number of aryl methyl sites for hydroxylation is 1. The summed E-state index contributed by atoms with van der Waals surface area (Å²) in [6, 6.07) is 10.7. The Labute approximate surface area is 138 Å². The van der Waals surface area contributed by atoms with Crippen molar-refractivity contribution in [2.75, 3.05) is 17.2 Å². The minimum Gasteiger partial charge on any atom is -0.482 e. The molecule has 6 heteroatoms. The third kappa shape index (κ3) is 3.63. The van der Waals surface area contributed by atoms with Crippen molar-refractivity contribution in [1.29, 1.82) is 0 Å². The van der Waals surface area contributed by atoms with Gasteiger partial charge in [0, 0.05) is 10.7 Å². The van der Waals surface area contributed by atoms with Crippen LogP contribution in [0, 0.1) is 6.92 Å². The van der Waals surface area contributed by atoms with E-state index in [1.54, 1.807) is 30.3 Å². The molecule has 5 nitrogen and oxygen atoms in total. The number of carbonyl (C=O) groups excluding carboxylic acids is 2. The zero-order valence-corrected chi connectivity index (χ0v) is 13.2. The molecule has 3 rings (SSSR count). The summed E-state index contributed by atoms with van der Waals surface area (Å²) in [5, 5.41) is 6.14. The molecule has 118 valence electrons. The summed E-state index contributed by atoms with van der Waals surface area (Å²) in [6.07, 6.45) is 0.189. The van der Waals surface area contributed by atoms with Crippen LogP contribution in [0.2, 0.25) is 5.02 Å². The van der Waals surface area contributed by atoms with Crippen molar-refractivity contribution in [3.05, 3.63) is 52.5 Å². The highest BCUT2D eigenvalue weighted by molar-refractivity contribution is 6.31. The minimum atomic E-state index is -0.201. The van der Waals surface area contributed by atoms with E-state index in [0.29, 0.717) is 22.1 Å². The molecule has 0 atom stereocenters. The van der Waals surface area contributed by atoms with Crippen molar-refractivity contribution in [3.63, 3.8) is 0 Å². The van der Waals surface area contributed by atoms with E-state index in [1.165, 1.54) is 0 Å². The summed E-state index contributed by atoms with van der Waals surface area (Å²) in [4.78, 5) is 23.5. The van der Waals surface area contributed by atoms with Crippen LogP contribution in [-0.2, 0) is 16.0 Å².